The minimum atomic E-state index is -3.64. The molecule has 3 aliphatic carbocycles. The van der Waals surface area contributed by atoms with E-state index in [1.54, 1.807) is 4.31 Å². The van der Waals surface area contributed by atoms with Gasteiger partial charge in [0.05, 0.1) is 23.5 Å². The highest BCUT2D eigenvalue weighted by Gasteiger charge is 2.66. The van der Waals surface area contributed by atoms with Gasteiger partial charge in [-0.2, -0.15) is 4.31 Å². The monoisotopic (exact) mass is 680 g/mol. The molecule has 13 heteroatoms. The van der Waals surface area contributed by atoms with Crippen LogP contribution in [0.15, 0.2) is 24.3 Å². The Bertz CT molecular complexity index is 1500. The number of hydrogen-bond acceptors (Lipinski definition) is 8. The third-order valence-electron chi connectivity index (χ3n) is 11.9. The Balaban J connectivity index is 1.29. The molecule has 0 aromatic heterocycles. The molecule has 4 aliphatic rings. The van der Waals surface area contributed by atoms with Crippen molar-refractivity contribution in [3.05, 3.63) is 29.8 Å². The second kappa shape index (κ2) is 13.4. The highest BCUT2D eigenvalue weighted by molar-refractivity contribution is 7.90. The number of nitrogens with one attached hydrogen (secondary N) is 2. The van der Waals surface area contributed by atoms with Crippen molar-refractivity contribution in [1.29, 1.82) is 0 Å². The van der Waals surface area contributed by atoms with Crippen LogP contribution in [0.1, 0.15) is 70.8 Å². The number of sulfonamides is 1. The van der Waals surface area contributed by atoms with Gasteiger partial charge in [0.2, 0.25) is 15.9 Å². The van der Waals surface area contributed by atoms with Crippen LogP contribution in [0, 0.1) is 29.6 Å². The lowest BCUT2D eigenvalue weighted by Gasteiger charge is -2.45. The van der Waals surface area contributed by atoms with Gasteiger partial charge in [-0.05, 0) is 81.3 Å². The third kappa shape index (κ3) is 7.27. The maximum Gasteiger partial charge on any atom is 0.306 e. The smallest absolute Gasteiger partial charge is 0.306 e. The van der Waals surface area contributed by atoms with Crippen LogP contribution in [-0.2, 0) is 29.4 Å². The summed E-state index contributed by atoms with van der Waals surface area (Å²) in [5.74, 6) is -1.42. The molecule has 11 nitrogen and oxygen atoms in total. The van der Waals surface area contributed by atoms with Crippen LogP contribution in [0.2, 0.25) is 0 Å². The maximum absolute atomic E-state index is 14.1. The Morgan fingerprint density at radius 1 is 1.00 bits per heavy atom. The number of aryl methyl sites for hydroxylation is 1. The van der Waals surface area contributed by atoms with Gasteiger partial charge in [0.15, 0.2) is 0 Å². The number of sulfone groups is 1. The summed E-state index contributed by atoms with van der Waals surface area (Å²) < 4.78 is 54.0. The van der Waals surface area contributed by atoms with Crippen molar-refractivity contribution < 1.29 is 31.5 Å². The first-order valence-electron chi connectivity index (χ1n) is 16.8. The van der Waals surface area contributed by atoms with Crippen molar-refractivity contribution in [2.75, 3.05) is 48.8 Å². The molecule has 0 radical (unpaired) electrons. The normalized spacial score (nSPS) is 30.7. The molecular weight excluding hydrogens is 629 g/mol. The number of carbonyl (C=O) groups is 2. The lowest BCUT2D eigenvalue weighted by atomic mass is 9.69. The van der Waals surface area contributed by atoms with Crippen LogP contribution < -0.4 is 15.5 Å². The van der Waals surface area contributed by atoms with Gasteiger partial charge in [-0.25, -0.2) is 16.8 Å². The van der Waals surface area contributed by atoms with Crippen LogP contribution in [0.25, 0.3) is 0 Å². The number of benzene rings is 1. The SMILES string of the molecule is Cc1ccccc1N1CCN(S(=O)(=O)CC23CCC(CC2NC(=O)[C@H](CCS(C)(=O)=O)NC2CCC(C(=O)O)CC2)C3(C)C)CC1. The first-order valence-corrected chi connectivity index (χ1v) is 20.4. The average molecular weight is 681 g/mol. The molecule has 1 saturated heterocycles. The number of fused-ring (bicyclic) bond motifs is 2. The van der Waals surface area contributed by atoms with E-state index in [2.05, 4.69) is 48.4 Å². The fourth-order valence-electron chi connectivity index (χ4n) is 8.85. The molecule has 1 heterocycles. The number of anilines is 1. The molecule has 1 amide bonds. The van der Waals surface area contributed by atoms with Crippen molar-refractivity contribution >= 4 is 37.4 Å². The molecule has 5 rings (SSSR count). The number of carboxylic acids is 1. The van der Waals surface area contributed by atoms with E-state index in [0.717, 1.165) is 18.4 Å². The lowest BCUT2D eigenvalue weighted by Crippen LogP contribution is -2.59. The highest BCUT2D eigenvalue weighted by Crippen LogP contribution is 2.66. The summed E-state index contributed by atoms with van der Waals surface area (Å²) >= 11 is 0. The van der Waals surface area contributed by atoms with Crippen molar-refractivity contribution in [3.63, 3.8) is 0 Å². The zero-order chi connectivity index (χ0) is 33.5. The van der Waals surface area contributed by atoms with Gasteiger partial charge in [-0.1, -0.05) is 32.0 Å². The van der Waals surface area contributed by atoms with Gasteiger partial charge in [-0.3, -0.25) is 9.59 Å². The predicted molar refractivity (Wildman–Crippen MR) is 179 cm³/mol. The summed E-state index contributed by atoms with van der Waals surface area (Å²) in [6.45, 7) is 8.41. The maximum atomic E-state index is 14.1. The van der Waals surface area contributed by atoms with Gasteiger partial charge in [0.1, 0.15) is 9.84 Å². The molecule has 46 heavy (non-hydrogen) atoms. The summed E-state index contributed by atoms with van der Waals surface area (Å²) in [5.41, 5.74) is 1.36. The van der Waals surface area contributed by atoms with E-state index in [9.17, 15) is 31.5 Å². The largest absolute Gasteiger partial charge is 0.481 e. The van der Waals surface area contributed by atoms with E-state index >= 15 is 0 Å². The van der Waals surface area contributed by atoms with Crippen LogP contribution in [-0.4, -0.2) is 100 Å². The van der Waals surface area contributed by atoms with Gasteiger partial charge in [0, 0.05) is 55.6 Å². The van der Waals surface area contributed by atoms with Crippen LogP contribution in [0.5, 0.6) is 0 Å². The van der Waals surface area contributed by atoms with E-state index in [1.165, 1.54) is 5.56 Å². The van der Waals surface area contributed by atoms with Gasteiger partial charge >= 0.3 is 5.97 Å². The number of carboxylic acid groups (broad SMARTS) is 1. The molecule has 4 fully saturated rings. The molecular formula is C33H52N4O7S2. The zero-order valence-corrected chi connectivity index (χ0v) is 29.3. The minimum absolute atomic E-state index is 0.0283. The second-order valence-corrected chi connectivity index (χ2v) is 19.1. The van der Waals surface area contributed by atoms with Crippen molar-refractivity contribution in [2.45, 2.75) is 90.3 Å². The summed E-state index contributed by atoms with van der Waals surface area (Å²) in [4.78, 5) is 27.6. The number of hydrogen-bond donors (Lipinski definition) is 3. The van der Waals surface area contributed by atoms with Crippen LogP contribution in [0.3, 0.4) is 0 Å². The zero-order valence-electron chi connectivity index (χ0n) is 27.7. The molecule has 3 N–H and O–H groups in total. The van der Waals surface area contributed by atoms with Crippen LogP contribution in [0.4, 0.5) is 5.69 Å². The van der Waals surface area contributed by atoms with Crippen molar-refractivity contribution in [2.24, 2.45) is 22.7 Å². The van der Waals surface area contributed by atoms with E-state index in [-0.39, 0.29) is 47.3 Å². The molecule has 0 spiro atoms. The second-order valence-electron chi connectivity index (χ2n) is 14.9. The molecule has 258 valence electrons. The summed E-state index contributed by atoms with van der Waals surface area (Å²) in [5, 5.41) is 16.0. The van der Waals surface area contributed by atoms with Crippen molar-refractivity contribution in [1.82, 2.24) is 14.9 Å². The molecule has 1 aliphatic heterocycles. The number of piperazine rings is 1. The Labute approximate surface area is 274 Å². The Hall–Kier alpha value is -2.22. The van der Waals surface area contributed by atoms with Gasteiger partial charge in [-0.15, -0.1) is 0 Å². The van der Waals surface area contributed by atoms with E-state index in [4.69, 9.17) is 0 Å². The lowest BCUT2D eigenvalue weighted by molar-refractivity contribution is -0.143. The van der Waals surface area contributed by atoms with E-state index in [1.807, 2.05) is 12.1 Å². The Morgan fingerprint density at radius 3 is 2.24 bits per heavy atom. The molecule has 2 bridgehead atoms. The number of rotatable bonds is 12. The minimum Gasteiger partial charge on any atom is -0.481 e. The topological polar surface area (TPSA) is 153 Å². The fourth-order valence-corrected chi connectivity index (χ4v) is 11.8. The Morgan fingerprint density at radius 2 is 1.65 bits per heavy atom. The van der Waals surface area contributed by atoms with Gasteiger partial charge in [0.25, 0.3) is 0 Å². The number of carbonyl (C=O) groups excluding carboxylic acids is 1. The number of amides is 1. The molecule has 1 aromatic rings. The number of nitrogens with zero attached hydrogens (tertiary/aromatic N) is 2. The number of para-hydroxylation sites is 1. The van der Waals surface area contributed by atoms with Crippen LogP contribution >= 0.6 is 0 Å². The molecule has 4 atom stereocenters. The molecule has 3 saturated carbocycles. The quantitative estimate of drug-likeness (QED) is 0.303. The number of aliphatic carboxylic acids is 1. The highest BCUT2D eigenvalue weighted by atomic mass is 32.2. The summed E-state index contributed by atoms with van der Waals surface area (Å²) in [7, 11) is -6.96. The Kier molecular flexibility index (Phi) is 10.2. The van der Waals surface area contributed by atoms with Crippen molar-refractivity contribution in [3.8, 4) is 0 Å². The van der Waals surface area contributed by atoms with Gasteiger partial charge < -0.3 is 20.6 Å². The first-order chi connectivity index (χ1) is 21.5. The summed E-state index contributed by atoms with van der Waals surface area (Å²) in [6.07, 6.45) is 5.76. The standard InChI is InChI=1S/C33H52N4O7S2/c1-23-7-5-6-8-28(23)36-16-18-37(19-17-36)46(43,44)22-33-15-13-25(32(33,2)3)21-29(33)35-30(38)27(14-20-45(4,41)42)34-26-11-9-24(10-12-26)31(39)40/h5-8,24-27,29,34H,9-22H2,1-4H3,(H,35,38)(H,39,40)/t24?,25?,26?,27-,29?,33?/m0/s1. The molecule has 1 aromatic carbocycles. The van der Waals surface area contributed by atoms with E-state index < -0.39 is 43.2 Å². The average Bonchev–Trinajstić information content (AvgIpc) is 3.34. The molecule has 3 unspecified atom stereocenters. The third-order valence-corrected chi connectivity index (χ3v) is 14.9. The predicted octanol–water partition coefficient (Wildman–Crippen LogP) is 2.79. The first kappa shape index (κ1) is 35.1. The summed E-state index contributed by atoms with van der Waals surface area (Å²) in [6, 6.07) is 6.94. The fraction of sp³-hybridized carbons (Fsp3) is 0.758. The van der Waals surface area contributed by atoms with E-state index in [0.29, 0.717) is 64.7 Å².